The molecule has 0 fully saturated rings. The lowest BCUT2D eigenvalue weighted by atomic mass is 10.0. The number of ketones is 3. The van der Waals surface area contributed by atoms with Gasteiger partial charge < -0.3 is 33.7 Å². The van der Waals surface area contributed by atoms with Crippen molar-refractivity contribution in [3.63, 3.8) is 0 Å². The van der Waals surface area contributed by atoms with Gasteiger partial charge in [-0.15, -0.1) is 0 Å². The fourth-order valence-electron chi connectivity index (χ4n) is 5.72. The fourth-order valence-corrected chi connectivity index (χ4v) is 5.72. The Hall–Kier alpha value is -7.37. The fraction of sp³-hybridized carbons (Fsp3) is 0.204. The topological polar surface area (TPSA) is 119 Å². The first-order chi connectivity index (χ1) is 30.9. The van der Waals surface area contributed by atoms with Crippen molar-refractivity contribution in [2.45, 2.75) is 27.4 Å². The zero-order valence-electron chi connectivity index (χ0n) is 39.0. The SMILES string of the molecule is CNc1ccc(OC)cc1.COCc1ccc(C(C)=O)cc1.COc1ccc(-c2ccc(OC)cc2)cc1.COc1ccc(C(C)=O)cc1.COc1ccc2cc(C(C)=O)ccc2c1.[B]. The molecule has 0 saturated carbocycles. The van der Waals surface area contributed by atoms with Crippen LogP contribution in [0.3, 0.4) is 0 Å². The summed E-state index contributed by atoms with van der Waals surface area (Å²) >= 11 is 0. The Balaban J connectivity index is 0.000000281. The van der Waals surface area contributed by atoms with Crippen molar-refractivity contribution in [2.75, 3.05) is 55.0 Å². The van der Waals surface area contributed by atoms with Crippen LogP contribution in [0.4, 0.5) is 5.69 Å². The van der Waals surface area contributed by atoms with Gasteiger partial charge in [-0.3, -0.25) is 14.4 Å². The van der Waals surface area contributed by atoms with Crippen LogP contribution in [0.15, 0.2) is 158 Å². The second-order valence-corrected chi connectivity index (χ2v) is 13.9. The summed E-state index contributed by atoms with van der Waals surface area (Å²) in [6.45, 7) is 5.27. The number of ether oxygens (including phenoxy) is 6. The van der Waals surface area contributed by atoms with Gasteiger partial charge in [0.05, 0.1) is 42.2 Å². The number of nitrogens with one attached hydrogen (secondary N) is 1. The molecular weight excluding hydrogens is 817 g/mol. The minimum absolute atomic E-state index is 0. The zero-order chi connectivity index (χ0) is 46.9. The van der Waals surface area contributed by atoms with Crippen molar-refractivity contribution < 1.29 is 42.8 Å². The maximum absolute atomic E-state index is 11.2. The number of rotatable bonds is 12. The third-order valence-corrected chi connectivity index (χ3v) is 9.51. The Labute approximate surface area is 386 Å². The number of fused-ring (bicyclic) bond motifs is 1. The Morgan fingerprint density at radius 2 is 0.723 bits per heavy atom. The molecule has 0 aromatic heterocycles. The van der Waals surface area contributed by atoms with Crippen LogP contribution in [-0.4, -0.2) is 75.5 Å². The van der Waals surface area contributed by atoms with Gasteiger partial charge in [0.2, 0.25) is 0 Å². The molecule has 0 spiro atoms. The number of carbonyl (C=O) groups is 3. The molecule has 0 amide bonds. The molecule has 3 radical (unpaired) electrons. The third-order valence-electron chi connectivity index (χ3n) is 9.51. The monoisotopic (exact) mass is 876 g/mol. The largest absolute Gasteiger partial charge is 0.497 e. The summed E-state index contributed by atoms with van der Waals surface area (Å²) in [4.78, 5) is 32.9. The highest BCUT2D eigenvalue weighted by molar-refractivity contribution is 5.98. The molecule has 11 heteroatoms. The van der Waals surface area contributed by atoms with Crippen LogP contribution in [0.1, 0.15) is 57.4 Å². The second-order valence-electron chi connectivity index (χ2n) is 13.9. The summed E-state index contributed by atoms with van der Waals surface area (Å²) in [5, 5.41) is 5.16. The highest BCUT2D eigenvalue weighted by Gasteiger charge is 2.03. The molecule has 0 aliphatic rings. The standard InChI is InChI=1S/C14H14O2.C13H12O2.C10H12O2.C9H10O2.C8H11NO.B/c1-15-13-7-3-11(4-8-13)12-5-9-14(16-2)10-6-12;1-9(14)10-3-4-12-8-13(15-2)6-5-11(12)7-10;1-8(11)10-5-3-9(4-6-10)7-12-2;1-7(10)8-3-5-9(11-2)6-4-8;1-9-7-3-5-8(10-2)6-4-7;/h3-10H,1-2H3;3-8H,1-2H3;3-6H,7H2,1-2H3;3-6H,1-2H3;3-6,9H,1-2H3;. The molecule has 1 N–H and O–H groups in total. The van der Waals surface area contributed by atoms with Crippen LogP contribution < -0.4 is 29.0 Å². The van der Waals surface area contributed by atoms with Crippen molar-refractivity contribution >= 4 is 42.2 Å². The van der Waals surface area contributed by atoms with E-state index in [0.717, 1.165) is 61.9 Å². The van der Waals surface area contributed by atoms with Crippen LogP contribution >= 0.6 is 0 Å². The molecular formula is C54H59BNO9. The summed E-state index contributed by atoms with van der Waals surface area (Å²) in [6, 6.07) is 49.8. The maximum atomic E-state index is 11.2. The van der Waals surface area contributed by atoms with Crippen molar-refractivity contribution in [1.29, 1.82) is 0 Å². The van der Waals surface area contributed by atoms with Gasteiger partial charge in [0.15, 0.2) is 17.3 Å². The molecule has 0 heterocycles. The molecule has 0 unspecified atom stereocenters. The van der Waals surface area contributed by atoms with E-state index in [2.05, 4.69) is 5.32 Å². The molecule has 0 saturated heterocycles. The minimum atomic E-state index is 0. The molecule has 337 valence electrons. The first-order valence-corrected chi connectivity index (χ1v) is 20.3. The van der Waals surface area contributed by atoms with Gasteiger partial charge in [-0.05, 0) is 139 Å². The molecule has 10 nitrogen and oxygen atoms in total. The predicted molar refractivity (Wildman–Crippen MR) is 264 cm³/mol. The smallest absolute Gasteiger partial charge is 0.159 e. The van der Waals surface area contributed by atoms with Gasteiger partial charge in [-0.25, -0.2) is 0 Å². The Bertz CT molecular complexity index is 2400. The summed E-state index contributed by atoms with van der Waals surface area (Å²) in [7, 11) is 11.8. The van der Waals surface area contributed by atoms with Gasteiger partial charge >= 0.3 is 0 Å². The molecule has 0 atom stereocenters. The molecule has 0 bridgehead atoms. The number of carbonyl (C=O) groups excluding carboxylic acids is 3. The normalized spacial score (nSPS) is 9.57. The minimum Gasteiger partial charge on any atom is -0.497 e. The molecule has 0 aliphatic carbocycles. The number of anilines is 1. The van der Waals surface area contributed by atoms with Gasteiger partial charge in [-0.2, -0.15) is 0 Å². The Morgan fingerprint density at radius 3 is 1.09 bits per heavy atom. The number of hydrogen-bond acceptors (Lipinski definition) is 10. The Kier molecular flexibility index (Phi) is 24.1. The van der Waals surface area contributed by atoms with E-state index in [1.165, 1.54) is 11.1 Å². The summed E-state index contributed by atoms with van der Waals surface area (Å²) in [5.41, 5.74) is 6.73. The van der Waals surface area contributed by atoms with Crippen LogP contribution in [-0.2, 0) is 11.3 Å². The summed E-state index contributed by atoms with van der Waals surface area (Å²) < 4.78 is 30.2. The molecule has 7 aromatic rings. The average Bonchev–Trinajstić information content (AvgIpc) is 3.34. The van der Waals surface area contributed by atoms with E-state index in [4.69, 9.17) is 28.4 Å². The average molecular weight is 877 g/mol. The quantitative estimate of drug-likeness (QED) is 0.0938. The Morgan fingerprint density at radius 1 is 0.400 bits per heavy atom. The summed E-state index contributed by atoms with van der Waals surface area (Å²) in [6.07, 6.45) is 0. The zero-order valence-corrected chi connectivity index (χ0v) is 39.0. The van der Waals surface area contributed by atoms with Crippen LogP contribution in [0.5, 0.6) is 28.7 Å². The molecule has 0 aliphatic heterocycles. The first kappa shape index (κ1) is 53.8. The van der Waals surface area contributed by atoms with Crippen LogP contribution in [0.25, 0.3) is 21.9 Å². The third kappa shape index (κ3) is 18.5. The lowest BCUT2D eigenvalue weighted by Gasteiger charge is -2.05. The van der Waals surface area contributed by atoms with Crippen LogP contribution in [0.2, 0.25) is 0 Å². The van der Waals surface area contributed by atoms with E-state index in [1.807, 2.05) is 141 Å². The van der Waals surface area contributed by atoms with E-state index in [-0.39, 0.29) is 25.8 Å². The van der Waals surface area contributed by atoms with Crippen LogP contribution in [0, 0.1) is 0 Å². The van der Waals surface area contributed by atoms with Gasteiger partial charge in [0.1, 0.15) is 28.7 Å². The summed E-state index contributed by atoms with van der Waals surface area (Å²) in [5.74, 6) is 4.50. The van der Waals surface area contributed by atoms with E-state index >= 15 is 0 Å². The van der Waals surface area contributed by atoms with Crippen molar-refractivity contribution in [2.24, 2.45) is 0 Å². The van der Waals surface area contributed by atoms with E-state index in [9.17, 15) is 14.4 Å². The maximum Gasteiger partial charge on any atom is 0.159 e. The van der Waals surface area contributed by atoms with Crippen molar-refractivity contribution in [1.82, 2.24) is 0 Å². The van der Waals surface area contributed by atoms with Gasteiger partial charge in [0, 0.05) is 44.9 Å². The number of methoxy groups -OCH3 is 6. The molecule has 7 rings (SSSR count). The highest BCUT2D eigenvalue weighted by Crippen LogP contribution is 2.25. The molecule has 65 heavy (non-hydrogen) atoms. The number of hydrogen-bond donors (Lipinski definition) is 1. The van der Waals surface area contributed by atoms with Crippen molar-refractivity contribution in [3.8, 4) is 39.9 Å². The van der Waals surface area contributed by atoms with Gasteiger partial charge in [0.25, 0.3) is 0 Å². The highest BCUT2D eigenvalue weighted by atomic mass is 16.5. The lowest BCUT2D eigenvalue weighted by molar-refractivity contribution is 0.100. The van der Waals surface area contributed by atoms with E-state index < -0.39 is 0 Å². The van der Waals surface area contributed by atoms with Crippen molar-refractivity contribution in [3.05, 3.63) is 180 Å². The lowest BCUT2D eigenvalue weighted by Crippen LogP contribution is -1.93. The van der Waals surface area contributed by atoms with E-state index in [1.54, 1.807) is 87.7 Å². The first-order valence-electron chi connectivity index (χ1n) is 20.3. The van der Waals surface area contributed by atoms with Gasteiger partial charge in [-0.1, -0.05) is 66.7 Å². The van der Waals surface area contributed by atoms with E-state index in [0.29, 0.717) is 12.2 Å². The number of benzene rings is 7. The second kappa shape index (κ2) is 29.1. The predicted octanol–water partition coefficient (Wildman–Crippen LogP) is 11.7. The number of Topliss-reactive ketones (excluding diaryl/α,β-unsaturated/α-hetero) is 3. The molecule has 7 aromatic carbocycles.